The number of carbonyl (C=O) groups excluding carboxylic acids is 1. The number of benzene rings is 1. The van der Waals surface area contributed by atoms with Crippen LogP contribution in [0.1, 0.15) is 34.5 Å². The van der Waals surface area contributed by atoms with E-state index >= 15 is 0 Å². The van der Waals surface area contributed by atoms with E-state index in [1.54, 1.807) is 10.7 Å². The SMILES string of the molecule is CCNC(=NCc1ccc(C(=O)OC)c(OC)c1)N1CCOC(c2cnn(C)c2)C1.I. The number of aromatic nitrogens is 2. The topological polar surface area (TPSA) is 90.2 Å². The Hall–Kier alpha value is -2.34. The van der Waals surface area contributed by atoms with Gasteiger partial charge in [0.05, 0.1) is 40.1 Å². The first-order valence-electron chi connectivity index (χ1n) is 9.94. The van der Waals surface area contributed by atoms with Gasteiger partial charge in [-0.1, -0.05) is 6.07 Å². The van der Waals surface area contributed by atoms with Crippen LogP contribution in [-0.2, 0) is 23.1 Å². The molecular weight excluding hydrogens is 513 g/mol. The number of guanidine groups is 1. The molecule has 1 aliphatic heterocycles. The first-order valence-corrected chi connectivity index (χ1v) is 9.94. The summed E-state index contributed by atoms with van der Waals surface area (Å²) in [5.41, 5.74) is 2.39. The molecule has 1 aliphatic rings. The maximum Gasteiger partial charge on any atom is 0.341 e. The monoisotopic (exact) mass is 543 g/mol. The molecule has 1 aromatic heterocycles. The number of rotatable bonds is 6. The number of nitrogens with zero attached hydrogens (tertiary/aromatic N) is 4. The van der Waals surface area contributed by atoms with E-state index in [0.717, 1.165) is 30.2 Å². The number of ether oxygens (including phenoxy) is 3. The number of methoxy groups -OCH3 is 2. The molecule has 0 bridgehead atoms. The Morgan fingerprint density at radius 2 is 2.19 bits per heavy atom. The molecule has 9 nitrogen and oxygen atoms in total. The number of hydrogen-bond acceptors (Lipinski definition) is 6. The quantitative estimate of drug-likeness (QED) is 0.259. The van der Waals surface area contributed by atoms with E-state index in [9.17, 15) is 4.79 Å². The third-order valence-electron chi connectivity index (χ3n) is 4.88. The molecule has 3 rings (SSSR count). The lowest BCUT2D eigenvalue weighted by atomic mass is 10.1. The van der Waals surface area contributed by atoms with Gasteiger partial charge in [-0.3, -0.25) is 4.68 Å². The van der Waals surface area contributed by atoms with Crippen LogP contribution in [0.15, 0.2) is 35.6 Å². The van der Waals surface area contributed by atoms with Crippen molar-refractivity contribution in [3.05, 3.63) is 47.3 Å². The van der Waals surface area contributed by atoms with Crippen LogP contribution in [-0.4, -0.2) is 67.1 Å². The molecule has 0 spiro atoms. The highest BCUT2D eigenvalue weighted by Crippen LogP contribution is 2.23. The number of aliphatic imine (C=N–C) groups is 1. The number of hydrogen-bond donors (Lipinski definition) is 1. The van der Waals surface area contributed by atoms with Gasteiger partial charge < -0.3 is 24.4 Å². The predicted octanol–water partition coefficient (Wildman–Crippen LogP) is 2.37. The fourth-order valence-electron chi connectivity index (χ4n) is 3.35. The molecule has 1 saturated heterocycles. The Morgan fingerprint density at radius 1 is 1.39 bits per heavy atom. The summed E-state index contributed by atoms with van der Waals surface area (Å²) >= 11 is 0. The normalized spacial score (nSPS) is 16.5. The second-order valence-corrected chi connectivity index (χ2v) is 6.95. The second-order valence-electron chi connectivity index (χ2n) is 6.95. The molecule has 2 aromatic rings. The molecule has 0 radical (unpaired) electrons. The Balaban J connectivity index is 0.00000341. The van der Waals surface area contributed by atoms with Crippen molar-refractivity contribution in [3.8, 4) is 5.75 Å². The molecule has 170 valence electrons. The molecule has 1 N–H and O–H groups in total. The summed E-state index contributed by atoms with van der Waals surface area (Å²) in [7, 11) is 4.78. The van der Waals surface area contributed by atoms with E-state index in [2.05, 4.69) is 15.3 Å². The van der Waals surface area contributed by atoms with Crippen LogP contribution < -0.4 is 10.1 Å². The third kappa shape index (κ3) is 6.33. The number of esters is 1. The summed E-state index contributed by atoms with van der Waals surface area (Å²) in [5.74, 6) is 0.873. The second kappa shape index (κ2) is 11.9. The fourth-order valence-corrected chi connectivity index (χ4v) is 3.35. The van der Waals surface area contributed by atoms with Gasteiger partial charge in [0.15, 0.2) is 5.96 Å². The Kier molecular flexibility index (Phi) is 9.56. The highest BCUT2D eigenvalue weighted by molar-refractivity contribution is 14.0. The summed E-state index contributed by atoms with van der Waals surface area (Å²) in [6, 6.07) is 5.38. The number of aryl methyl sites for hydroxylation is 1. The lowest BCUT2D eigenvalue weighted by Crippen LogP contribution is -2.48. The van der Waals surface area contributed by atoms with Gasteiger partial charge in [0.25, 0.3) is 0 Å². The van der Waals surface area contributed by atoms with Crippen molar-refractivity contribution in [1.82, 2.24) is 20.0 Å². The van der Waals surface area contributed by atoms with Gasteiger partial charge in [0.2, 0.25) is 0 Å². The first-order chi connectivity index (χ1) is 14.5. The van der Waals surface area contributed by atoms with Crippen LogP contribution in [0.2, 0.25) is 0 Å². The van der Waals surface area contributed by atoms with Crippen molar-refractivity contribution >= 4 is 35.9 Å². The first kappa shape index (κ1) is 24.9. The molecule has 1 aromatic carbocycles. The van der Waals surface area contributed by atoms with Crippen LogP contribution in [0.5, 0.6) is 5.75 Å². The van der Waals surface area contributed by atoms with Gasteiger partial charge in [-0.15, -0.1) is 24.0 Å². The lowest BCUT2D eigenvalue weighted by Gasteiger charge is -2.34. The van der Waals surface area contributed by atoms with Gasteiger partial charge in [-0.25, -0.2) is 9.79 Å². The van der Waals surface area contributed by atoms with Crippen molar-refractivity contribution in [2.24, 2.45) is 12.0 Å². The smallest absolute Gasteiger partial charge is 0.341 e. The average molecular weight is 543 g/mol. The number of morpholine rings is 1. The largest absolute Gasteiger partial charge is 0.496 e. The van der Waals surface area contributed by atoms with Crippen LogP contribution in [0.3, 0.4) is 0 Å². The third-order valence-corrected chi connectivity index (χ3v) is 4.88. The van der Waals surface area contributed by atoms with Gasteiger partial charge in [-0.05, 0) is 24.6 Å². The van der Waals surface area contributed by atoms with E-state index in [0.29, 0.717) is 31.0 Å². The summed E-state index contributed by atoms with van der Waals surface area (Å²) in [6.45, 7) is 5.33. The van der Waals surface area contributed by atoms with Crippen LogP contribution in [0, 0.1) is 0 Å². The van der Waals surface area contributed by atoms with Crippen molar-refractivity contribution in [3.63, 3.8) is 0 Å². The van der Waals surface area contributed by atoms with Crippen molar-refractivity contribution < 1.29 is 19.0 Å². The summed E-state index contributed by atoms with van der Waals surface area (Å²) in [6.07, 6.45) is 3.77. The molecule has 31 heavy (non-hydrogen) atoms. The predicted molar refractivity (Wildman–Crippen MR) is 128 cm³/mol. The summed E-state index contributed by atoms with van der Waals surface area (Å²) in [5, 5.41) is 7.60. The zero-order valence-electron chi connectivity index (χ0n) is 18.3. The van der Waals surface area contributed by atoms with Crippen LogP contribution in [0.4, 0.5) is 0 Å². The molecule has 1 fully saturated rings. The maximum atomic E-state index is 11.8. The zero-order valence-corrected chi connectivity index (χ0v) is 20.7. The van der Waals surface area contributed by atoms with Crippen LogP contribution in [0.25, 0.3) is 0 Å². The molecular formula is C21H30IN5O4. The fraction of sp³-hybridized carbons (Fsp3) is 0.476. The molecule has 2 heterocycles. The summed E-state index contributed by atoms with van der Waals surface area (Å²) in [4.78, 5) is 18.8. The van der Waals surface area contributed by atoms with Crippen molar-refractivity contribution in [1.29, 1.82) is 0 Å². The average Bonchev–Trinajstić information content (AvgIpc) is 3.22. The van der Waals surface area contributed by atoms with Gasteiger partial charge in [-0.2, -0.15) is 5.10 Å². The minimum absolute atomic E-state index is 0. The van der Waals surface area contributed by atoms with Gasteiger partial charge in [0, 0.05) is 31.9 Å². The van der Waals surface area contributed by atoms with E-state index < -0.39 is 5.97 Å². The van der Waals surface area contributed by atoms with Crippen LogP contribution >= 0.6 is 24.0 Å². The molecule has 0 saturated carbocycles. The lowest BCUT2D eigenvalue weighted by molar-refractivity contribution is -0.00805. The molecule has 1 atom stereocenters. The van der Waals surface area contributed by atoms with E-state index in [1.807, 2.05) is 38.5 Å². The van der Waals surface area contributed by atoms with E-state index in [4.69, 9.17) is 19.2 Å². The van der Waals surface area contributed by atoms with E-state index in [1.165, 1.54) is 14.2 Å². The summed E-state index contributed by atoms with van der Waals surface area (Å²) < 4.78 is 17.9. The Labute approximate surface area is 199 Å². The molecule has 0 aliphatic carbocycles. The highest BCUT2D eigenvalue weighted by atomic mass is 127. The highest BCUT2D eigenvalue weighted by Gasteiger charge is 2.25. The van der Waals surface area contributed by atoms with Gasteiger partial charge in [0.1, 0.15) is 17.4 Å². The zero-order chi connectivity index (χ0) is 21.5. The van der Waals surface area contributed by atoms with Crippen molar-refractivity contribution in [2.75, 3.05) is 40.5 Å². The molecule has 10 heteroatoms. The maximum absolute atomic E-state index is 11.8. The minimum atomic E-state index is -0.426. The Bertz CT molecular complexity index is 902. The molecule has 1 unspecified atom stereocenters. The molecule has 0 amide bonds. The van der Waals surface area contributed by atoms with Crippen molar-refractivity contribution in [2.45, 2.75) is 19.6 Å². The number of halogens is 1. The van der Waals surface area contributed by atoms with Gasteiger partial charge >= 0.3 is 5.97 Å². The number of nitrogens with one attached hydrogen (secondary N) is 1. The number of carbonyl (C=O) groups is 1. The Morgan fingerprint density at radius 3 is 2.84 bits per heavy atom. The van der Waals surface area contributed by atoms with E-state index in [-0.39, 0.29) is 30.1 Å². The minimum Gasteiger partial charge on any atom is -0.496 e. The standard InChI is InChI=1S/C21H29N5O4.HI/c1-5-22-21(26-8-9-30-19(14-26)16-12-24-25(2)13-16)23-11-15-6-7-17(20(27)29-4)18(10-15)28-3;/h6-7,10,12-13,19H,5,8-9,11,14H2,1-4H3,(H,22,23);1H.